The SMILES string of the molecule is OC1CCC(CNc2cccc3nc(Nc4ccc(C(F)(F)F)cc4)nn23)CC1.[HH].[HH]. The number of alkyl halides is 3. The van der Waals surface area contributed by atoms with Gasteiger partial charge in [-0.2, -0.15) is 22.7 Å². The summed E-state index contributed by atoms with van der Waals surface area (Å²) in [7, 11) is 0. The van der Waals surface area contributed by atoms with Crippen molar-refractivity contribution < 1.29 is 21.1 Å². The van der Waals surface area contributed by atoms with Crippen molar-refractivity contribution in [2.24, 2.45) is 5.92 Å². The van der Waals surface area contributed by atoms with Crippen LogP contribution in [0.3, 0.4) is 0 Å². The number of hydrogen-bond acceptors (Lipinski definition) is 5. The molecule has 1 aromatic carbocycles. The van der Waals surface area contributed by atoms with Crippen molar-refractivity contribution in [2.45, 2.75) is 38.0 Å². The molecule has 1 aliphatic rings. The number of halogens is 3. The van der Waals surface area contributed by atoms with Crippen LogP contribution in [0.15, 0.2) is 42.5 Å². The number of aromatic nitrogens is 3. The van der Waals surface area contributed by atoms with Crippen LogP contribution in [-0.2, 0) is 6.18 Å². The van der Waals surface area contributed by atoms with Gasteiger partial charge in [-0.25, -0.2) is 0 Å². The van der Waals surface area contributed by atoms with Crippen LogP contribution < -0.4 is 10.6 Å². The third-order valence-electron chi connectivity index (χ3n) is 5.22. The van der Waals surface area contributed by atoms with Gasteiger partial charge in [0.1, 0.15) is 5.82 Å². The van der Waals surface area contributed by atoms with Crippen molar-refractivity contribution in [1.29, 1.82) is 0 Å². The number of aliphatic hydroxyl groups excluding tert-OH is 1. The summed E-state index contributed by atoms with van der Waals surface area (Å²) in [5.41, 5.74) is 0.403. The van der Waals surface area contributed by atoms with E-state index in [1.165, 1.54) is 12.1 Å². The van der Waals surface area contributed by atoms with Crippen molar-refractivity contribution >= 4 is 23.1 Å². The second-order valence-corrected chi connectivity index (χ2v) is 7.37. The topological polar surface area (TPSA) is 74.5 Å². The second-order valence-electron chi connectivity index (χ2n) is 7.37. The van der Waals surface area contributed by atoms with Gasteiger partial charge in [-0.05, 0) is 68.0 Å². The summed E-state index contributed by atoms with van der Waals surface area (Å²) in [6.07, 6.45) is -0.896. The molecule has 4 rings (SSSR count). The number of anilines is 3. The van der Waals surface area contributed by atoms with E-state index in [4.69, 9.17) is 0 Å². The highest BCUT2D eigenvalue weighted by molar-refractivity contribution is 5.58. The summed E-state index contributed by atoms with van der Waals surface area (Å²) in [6, 6.07) is 10.3. The van der Waals surface area contributed by atoms with Gasteiger partial charge in [0.25, 0.3) is 0 Å². The second kappa shape index (κ2) is 7.90. The monoisotopic (exact) mass is 409 g/mol. The van der Waals surface area contributed by atoms with Crippen LogP contribution in [0.5, 0.6) is 0 Å². The quantitative estimate of drug-likeness (QED) is 0.556. The van der Waals surface area contributed by atoms with Gasteiger partial charge >= 0.3 is 6.18 Å². The molecule has 0 saturated heterocycles. The minimum Gasteiger partial charge on any atom is -0.393 e. The molecule has 0 radical (unpaired) electrons. The molecule has 2 aromatic heterocycles. The van der Waals surface area contributed by atoms with E-state index in [0.29, 0.717) is 23.2 Å². The first kappa shape index (κ1) is 19.5. The molecule has 0 aliphatic heterocycles. The molecule has 3 aromatic rings. The maximum atomic E-state index is 12.7. The van der Waals surface area contributed by atoms with Crippen molar-refractivity contribution in [3.8, 4) is 0 Å². The minimum absolute atomic E-state index is 0. The number of hydrogen-bond donors (Lipinski definition) is 3. The molecule has 29 heavy (non-hydrogen) atoms. The zero-order valence-corrected chi connectivity index (χ0v) is 15.7. The molecular weight excluding hydrogens is 383 g/mol. The maximum absolute atomic E-state index is 12.7. The molecular formula is C20H26F3N5O. The normalized spacial score (nSPS) is 20.0. The van der Waals surface area contributed by atoms with Gasteiger partial charge in [0.2, 0.25) is 5.95 Å². The van der Waals surface area contributed by atoms with Gasteiger partial charge in [0.15, 0.2) is 5.65 Å². The van der Waals surface area contributed by atoms with Gasteiger partial charge in [-0.3, -0.25) is 0 Å². The van der Waals surface area contributed by atoms with Gasteiger partial charge in [0.05, 0.1) is 11.7 Å². The fourth-order valence-electron chi connectivity index (χ4n) is 3.56. The van der Waals surface area contributed by atoms with E-state index in [9.17, 15) is 18.3 Å². The average molecular weight is 409 g/mol. The van der Waals surface area contributed by atoms with E-state index in [-0.39, 0.29) is 8.96 Å². The summed E-state index contributed by atoms with van der Waals surface area (Å²) < 4.78 is 39.7. The highest BCUT2D eigenvalue weighted by Crippen LogP contribution is 2.30. The molecule has 0 amide bonds. The largest absolute Gasteiger partial charge is 0.416 e. The summed E-state index contributed by atoms with van der Waals surface area (Å²) in [5, 5.41) is 20.4. The Morgan fingerprint density at radius 1 is 1.07 bits per heavy atom. The highest BCUT2D eigenvalue weighted by atomic mass is 19.4. The van der Waals surface area contributed by atoms with Gasteiger partial charge in [-0.1, -0.05) is 6.07 Å². The molecule has 2 heterocycles. The van der Waals surface area contributed by atoms with Gasteiger partial charge in [0, 0.05) is 15.1 Å². The molecule has 0 unspecified atom stereocenters. The fraction of sp³-hybridized carbons (Fsp3) is 0.400. The Labute approximate surface area is 168 Å². The first-order chi connectivity index (χ1) is 13.9. The summed E-state index contributed by atoms with van der Waals surface area (Å²) in [6.45, 7) is 0.785. The Balaban J connectivity index is 0.00000171. The van der Waals surface area contributed by atoms with Gasteiger partial charge in [-0.15, -0.1) is 5.10 Å². The van der Waals surface area contributed by atoms with E-state index in [2.05, 4.69) is 20.7 Å². The summed E-state index contributed by atoms with van der Waals surface area (Å²) in [4.78, 5) is 4.39. The molecule has 3 N–H and O–H groups in total. The number of aliphatic hydroxyl groups is 1. The molecule has 0 bridgehead atoms. The molecule has 0 spiro atoms. The van der Waals surface area contributed by atoms with Crippen molar-refractivity contribution in [3.63, 3.8) is 0 Å². The van der Waals surface area contributed by atoms with Crippen LogP contribution in [0, 0.1) is 5.92 Å². The Kier molecular flexibility index (Phi) is 5.31. The van der Waals surface area contributed by atoms with Crippen LogP contribution >= 0.6 is 0 Å². The lowest BCUT2D eigenvalue weighted by molar-refractivity contribution is -0.137. The number of nitrogens with one attached hydrogen (secondary N) is 2. The Bertz CT molecular complexity index is 973. The van der Waals surface area contributed by atoms with E-state index in [1.54, 1.807) is 4.52 Å². The molecule has 1 aliphatic carbocycles. The Hall–Kier alpha value is -2.81. The smallest absolute Gasteiger partial charge is 0.393 e. The number of rotatable bonds is 5. The van der Waals surface area contributed by atoms with Crippen molar-refractivity contribution in [3.05, 3.63) is 48.0 Å². The minimum atomic E-state index is -4.36. The predicted molar refractivity (Wildman–Crippen MR) is 108 cm³/mol. The molecule has 158 valence electrons. The zero-order valence-electron chi connectivity index (χ0n) is 15.7. The number of benzene rings is 1. The van der Waals surface area contributed by atoms with Crippen LogP contribution in [0.4, 0.5) is 30.6 Å². The van der Waals surface area contributed by atoms with E-state index in [1.807, 2.05) is 18.2 Å². The van der Waals surface area contributed by atoms with Crippen LogP contribution in [0.25, 0.3) is 5.65 Å². The number of nitrogens with zero attached hydrogens (tertiary/aromatic N) is 3. The fourth-order valence-corrected chi connectivity index (χ4v) is 3.56. The first-order valence-corrected chi connectivity index (χ1v) is 9.60. The Morgan fingerprint density at radius 3 is 2.48 bits per heavy atom. The molecule has 1 fully saturated rings. The van der Waals surface area contributed by atoms with Crippen LogP contribution in [-0.4, -0.2) is 32.4 Å². The average Bonchev–Trinajstić information content (AvgIpc) is 3.10. The Morgan fingerprint density at radius 2 is 1.79 bits per heavy atom. The van der Waals surface area contributed by atoms with Crippen molar-refractivity contribution in [2.75, 3.05) is 17.2 Å². The third-order valence-corrected chi connectivity index (χ3v) is 5.22. The number of fused-ring (bicyclic) bond motifs is 1. The van der Waals surface area contributed by atoms with Crippen LogP contribution in [0.2, 0.25) is 0 Å². The standard InChI is InChI=1S/C20H22F3N5O.2H2/c21-20(22,23)14-6-8-15(9-7-14)25-19-26-18-3-1-2-17(28(18)27-19)24-12-13-4-10-16(29)11-5-13;;/h1-3,6-9,13,16,24,29H,4-5,10-12H2,(H,25,27);2*1H. The lowest BCUT2D eigenvalue weighted by atomic mass is 9.87. The lowest BCUT2D eigenvalue weighted by Gasteiger charge is -2.25. The molecule has 0 atom stereocenters. The zero-order chi connectivity index (χ0) is 20.4. The maximum Gasteiger partial charge on any atom is 0.416 e. The van der Waals surface area contributed by atoms with Gasteiger partial charge < -0.3 is 15.7 Å². The third kappa shape index (κ3) is 4.61. The van der Waals surface area contributed by atoms with E-state index in [0.717, 1.165) is 50.2 Å². The summed E-state index contributed by atoms with van der Waals surface area (Å²) >= 11 is 0. The van der Waals surface area contributed by atoms with E-state index >= 15 is 0 Å². The van der Waals surface area contributed by atoms with E-state index < -0.39 is 11.7 Å². The first-order valence-electron chi connectivity index (χ1n) is 9.60. The summed E-state index contributed by atoms with van der Waals surface area (Å²) in [5.74, 6) is 1.60. The van der Waals surface area contributed by atoms with Crippen LogP contribution in [0.1, 0.15) is 34.1 Å². The molecule has 6 nitrogen and oxygen atoms in total. The highest BCUT2D eigenvalue weighted by Gasteiger charge is 2.30. The molecule has 9 heteroatoms. The molecule has 1 saturated carbocycles. The van der Waals surface area contributed by atoms with Crippen molar-refractivity contribution in [1.82, 2.24) is 14.6 Å². The predicted octanol–water partition coefficient (Wildman–Crippen LogP) is 4.95. The number of pyridine rings is 1. The lowest BCUT2D eigenvalue weighted by Crippen LogP contribution is -2.24.